The van der Waals surface area contributed by atoms with Gasteiger partial charge in [-0.3, -0.25) is 0 Å². The molecule has 0 aromatic rings. The molecule has 0 spiro atoms. The second-order valence-electron chi connectivity index (χ2n) is 2.94. The molecule has 0 rings (SSSR count). The van der Waals surface area contributed by atoms with Gasteiger partial charge in [-0.2, -0.15) is 0 Å². The molecule has 0 saturated heterocycles. The molecule has 0 aromatic carbocycles. The Morgan fingerprint density at radius 3 is 2.17 bits per heavy atom. The smallest absolute Gasteiger partial charge is 0.150 e. The van der Waals surface area contributed by atoms with Gasteiger partial charge in [0.05, 0.1) is 11.5 Å². The van der Waals surface area contributed by atoms with Crippen molar-refractivity contribution < 1.29 is 13.5 Å². The second-order valence-corrected chi connectivity index (χ2v) is 5.24. The summed E-state index contributed by atoms with van der Waals surface area (Å²) in [4.78, 5) is 0. The molecule has 74 valence electrons. The van der Waals surface area contributed by atoms with Crippen molar-refractivity contribution in [2.24, 2.45) is 0 Å². The van der Waals surface area contributed by atoms with Crippen LogP contribution >= 0.6 is 0 Å². The van der Waals surface area contributed by atoms with E-state index >= 15 is 0 Å². The Hall–Kier alpha value is -0.0900. The highest BCUT2D eigenvalue weighted by Crippen LogP contribution is 2.01. The molecule has 0 amide bonds. The molecule has 0 atom stereocenters. The van der Waals surface area contributed by atoms with Gasteiger partial charge in [0.25, 0.3) is 0 Å². The summed E-state index contributed by atoms with van der Waals surface area (Å²) in [6.07, 6.45) is 3.13. The van der Waals surface area contributed by atoms with E-state index in [0.29, 0.717) is 6.42 Å². The van der Waals surface area contributed by atoms with Gasteiger partial charge in [0.2, 0.25) is 0 Å². The fraction of sp³-hybridized carbons (Fsp3) is 1.00. The average Bonchev–Trinajstić information content (AvgIpc) is 2.01. The second kappa shape index (κ2) is 6.43. The first kappa shape index (κ1) is 11.9. The number of aliphatic hydroxyl groups is 1. The number of rotatable bonds is 7. The summed E-state index contributed by atoms with van der Waals surface area (Å²) in [5.41, 5.74) is 0. The molecular formula is C8H18O3S. The first-order valence-corrected chi connectivity index (χ1v) is 6.26. The number of aliphatic hydroxyl groups excluding tert-OH is 1. The maximum atomic E-state index is 11.2. The summed E-state index contributed by atoms with van der Waals surface area (Å²) in [5, 5.41) is 8.44. The largest absolute Gasteiger partial charge is 0.396 e. The molecule has 0 aliphatic rings. The number of hydrogen-bond donors (Lipinski definition) is 1. The van der Waals surface area contributed by atoms with Crippen LogP contribution in [0.1, 0.15) is 32.6 Å². The van der Waals surface area contributed by atoms with Crippen LogP contribution in [0.15, 0.2) is 0 Å². The van der Waals surface area contributed by atoms with E-state index in [1.807, 2.05) is 6.92 Å². The van der Waals surface area contributed by atoms with E-state index in [1.165, 1.54) is 0 Å². The van der Waals surface area contributed by atoms with E-state index in [9.17, 15) is 8.42 Å². The monoisotopic (exact) mass is 194 g/mol. The van der Waals surface area contributed by atoms with Crippen molar-refractivity contribution in [1.82, 2.24) is 0 Å². The Morgan fingerprint density at radius 2 is 1.67 bits per heavy atom. The molecular weight excluding hydrogens is 176 g/mol. The van der Waals surface area contributed by atoms with Gasteiger partial charge in [-0.15, -0.1) is 0 Å². The van der Waals surface area contributed by atoms with Gasteiger partial charge in [-0.05, 0) is 12.8 Å². The van der Waals surface area contributed by atoms with Gasteiger partial charge < -0.3 is 5.11 Å². The van der Waals surface area contributed by atoms with Crippen molar-refractivity contribution in [2.75, 3.05) is 18.1 Å². The first-order chi connectivity index (χ1) is 5.62. The Bertz CT molecular complexity index is 184. The lowest BCUT2D eigenvalue weighted by molar-refractivity contribution is 0.295. The van der Waals surface area contributed by atoms with Crippen molar-refractivity contribution in [3.63, 3.8) is 0 Å². The maximum absolute atomic E-state index is 11.2. The Labute approximate surface area is 74.7 Å². The standard InChI is InChI=1S/C8H18O3S/c1-2-3-4-7-12(10,11)8-5-6-9/h9H,2-8H2,1H3. The van der Waals surface area contributed by atoms with Crippen LogP contribution in [0, 0.1) is 0 Å². The lowest BCUT2D eigenvalue weighted by Gasteiger charge is -2.01. The fourth-order valence-corrected chi connectivity index (χ4v) is 2.38. The normalized spacial score (nSPS) is 11.8. The van der Waals surface area contributed by atoms with E-state index in [4.69, 9.17) is 5.11 Å². The number of hydrogen-bond acceptors (Lipinski definition) is 3. The van der Waals surface area contributed by atoms with Crippen LogP contribution in [0.3, 0.4) is 0 Å². The van der Waals surface area contributed by atoms with Crippen LogP contribution in [-0.4, -0.2) is 31.6 Å². The zero-order chi connectivity index (χ0) is 9.45. The van der Waals surface area contributed by atoms with Gasteiger partial charge in [-0.25, -0.2) is 8.42 Å². The first-order valence-electron chi connectivity index (χ1n) is 4.43. The summed E-state index contributed by atoms with van der Waals surface area (Å²) in [7, 11) is -2.88. The van der Waals surface area contributed by atoms with E-state index < -0.39 is 9.84 Å². The summed E-state index contributed by atoms with van der Waals surface area (Å²) in [6.45, 7) is 2.01. The SMILES string of the molecule is CCCCCS(=O)(=O)CCCO. The summed E-state index contributed by atoms with van der Waals surface area (Å²) in [5.74, 6) is 0.411. The minimum atomic E-state index is -2.88. The Kier molecular flexibility index (Phi) is 6.38. The van der Waals surface area contributed by atoms with Crippen LogP contribution in [0.25, 0.3) is 0 Å². The van der Waals surface area contributed by atoms with Gasteiger partial charge in [-0.1, -0.05) is 19.8 Å². The van der Waals surface area contributed by atoms with E-state index in [-0.39, 0.29) is 18.1 Å². The van der Waals surface area contributed by atoms with Crippen molar-refractivity contribution in [2.45, 2.75) is 32.6 Å². The predicted octanol–water partition coefficient (Wildman–Crippen LogP) is 0.974. The third-order valence-corrected chi connectivity index (χ3v) is 3.49. The number of unbranched alkanes of at least 4 members (excludes halogenated alkanes) is 2. The van der Waals surface area contributed by atoms with E-state index in [2.05, 4.69) is 0 Å². The quantitative estimate of drug-likeness (QED) is 0.614. The van der Waals surface area contributed by atoms with Crippen molar-refractivity contribution in [3.8, 4) is 0 Å². The fourth-order valence-electron chi connectivity index (χ4n) is 0.959. The van der Waals surface area contributed by atoms with Crippen molar-refractivity contribution in [3.05, 3.63) is 0 Å². The molecule has 0 aromatic heterocycles. The third kappa shape index (κ3) is 6.61. The minimum absolute atomic E-state index is 0.0347. The Morgan fingerprint density at radius 1 is 1.08 bits per heavy atom. The lowest BCUT2D eigenvalue weighted by atomic mass is 10.3. The van der Waals surface area contributed by atoms with Crippen LogP contribution in [0.5, 0.6) is 0 Å². The summed E-state index contributed by atoms with van der Waals surface area (Å²) < 4.78 is 22.3. The molecule has 3 nitrogen and oxygen atoms in total. The van der Waals surface area contributed by atoms with Gasteiger partial charge in [0.15, 0.2) is 0 Å². The van der Waals surface area contributed by atoms with Crippen LogP contribution in [0.4, 0.5) is 0 Å². The molecule has 0 aliphatic carbocycles. The maximum Gasteiger partial charge on any atom is 0.150 e. The van der Waals surface area contributed by atoms with Gasteiger partial charge in [0, 0.05) is 6.61 Å². The number of sulfone groups is 1. The van der Waals surface area contributed by atoms with Crippen molar-refractivity contribution >= 4 is 9.84 Å². The zero-order valence-corrected chi connectivity index (χ0v) is 8.44. The van der Waals surface area contributed by atoms with E-state index in [1.54, 1.807) is 0 Å². The highest BCUT2D eigenvalue weighted by Gasteiger charge is 2.08. The predicted molar refractivity (Wildman–Crippen MR) is 49.9 cm³/mol. The van der Waals surface area contributed by atoms with Gasteiger partial charge >= 0.3 is 0 Å². The molecule has 0 heterocycles. The molecule has 12 heavy (non-hydrogen) atoms. The topological polar surface area (TPSA) is 54.4 Å². The van der Waals surface area contributed by atoms with Crippen LogP contribution < -0.4 is 0 Å². The molecule has 4 heteroatoms. The molecule has 0 aliphatic heterocycles. The summed E-state index contributed by atoms with van der Waals surface area (Å²) >= 11 is 0. The highest BCUT2D eigenvalue weighted by atomic mass is 32.2. The van der Waals surface area contributed by atoms with Crippen LogP contribution in [-0.2, 0) is 9.84 Å². The van der Waals surface area contributed by atoms with Crippen LogP contribution in [0.2, 0.25) is 0 Å². The average molecular weight is 194 g/mol. The molecule has 0 bridgehead atoms. The van der Waals surface area contributed by atoms with Crippen molar-refractivity contribution in [1.29, 1.82) is 0 Å². The van der Waals surface area contributed by atoms with E-state index in [0.717, 1.165) is 19.3 Å². The summed E-state index contributed by atoms with van der Waals surface area (Å²) in [6, 6.07) is 0. The highest BCUT2D eigenvalue weighted by molar-refractivity contribution is 7.91. The molecule has 0 radical (unpaired) electrons. The third-order valence-electron chi connectivity index (χ3n) is 1.67. The Balaban J connectivity index is 3.58. The lowest BCUT2D eigenvalue weighted by Crippen LogP contribution is -2.12. The van der Waals surface area contributed by atoms with Gasteiger partial charge in [0.1, 0.15) is 9.84 Å². The zero-order valence-electron chi connectivity index (χ0n) is 7.62. The minimum Gasteiger partial charge on any atom is -0.396 e. The molecule has 0 unspecified atom stereocenters. The molecule has 1 N–H and O–H groups in total. The molecule has 0 saturated carbocycles. The molecule has 0 fully saturated rings.